The van der Waals surface area contributed by atoms with Gasteiger partial charge in [0.1, 0.15) is 0 Å². The highest BCUT2D eigenvalue weighted by Crippen LogP contribution is 2.22. The van der Waals surface area contributed by atoms with Crippen molar-refractivity contribution in [3.05, 3.63) is 59.1 Å². The van der Waals surface area contributed by atoms with Gasteiger partial charge >= 0.3 is 0 Å². The van der Waals surface area contributed by atoms with Gasteiger partial charge in [0.25, 0.3) is 0 Å². The number of aromatic nitrogens is 1. The minimum absolute atomic E-state index is 0.224. The van der Waals surface area contributed by atoms with Crippen molar-refractivity contribution in [1.82, 2.24) is 15.8 Å². The van der Waals surface area contributed by atoms with Crippen LogP contribution in [0.4, 0.5) is 0 Å². The molecule has 3 rings (SSSR count). The van der Waals surface area contributed by atoms with E-state index in [1.807, 2.05) is 55.5 Å². The van der Waals surface area contributed by atoms with E-state index < -0.39 is 0 Å². The summed E-state index contributed by atoms with van der Waals surface area (Å²) in [5, 5.41) is 0.919. The largest absolute Gasteiger partial charge is 0.273 e. The Morgan fingerprint density at radius 2 is 1.77 bits per heavy atom. The highest BCUT2D eigenvalue weighted by molar-refractivity contribution is 8.00. The maximum Gasteiger partial charge on any atom is 0.248 e. The summed E-state index contributed by atoms with van der Waals surface area (Å²) in [6, 6.07) is 15.9. The number of hydrogen-bond donors (Lipinski definition) is 2. The molecule has 3 aromatic rings. The molecular weight excluding hydrogens is 366 g/mol. The van der Waals surface area contributed by atoms with E-state index in [-0.39, 0.29) is 24.0 Å². The lowest BCUT2D eigenvalue weighted by Crippen LogP contribution is -2.42. The number of hydrogen-bond acceptors (Lipinski definition) is 5. The third-order valence-corrected chi connectivity index (χ3v) is 5.74. The fourth-order valence-corrected chi connectivity index (χ4v) is 3.93. The molecule has 0 saturated carbocycles. The summed E-state index contributed by atoms with van der Waals surface area (Å²) in [5.41, 5.74) is 7.04. The molecule has 5 nitrogen and oxygen atoms in total. The first-order valence-electron chi connectivity index (χ1n) is 8.22. The smallest absolute Gasteiger partial charge is 0.248 e. The van der Waals surface area contributed by atoms with E-state index in [0.717, 1.165) is 20.1 Å². The van der Waals surface area contributed by atoms with Gasteiger partial charge in [-0.05, 0) is 31.2 Å². The summed E-state index contributed by atoms with van der Waals surface area (Å²) in [4.78, 5) is 29.2. The summed E-state index contributed by atoms with van der Waals surface area (Å²) in [7, 11) is 0. The molecule has 26 heavy (non-hydrogen) atoms. The number of carbonyl (C=O) groups excluding carboxylic acids is 2. The molecule has 0 spiro atoms. The third kappa shape index (κ3) is 5.31. The molecular formula is C19H19N3O2S2. The van der Waals surface area contributed by atoms with Crippen LogP contribution in [0.15, 0.2) is 53.4 Å². The minimum Gasteiger partial charge on any atom is -0.273 e. The maximum absolute atomic E-state index is 11.9. The zero-order valence-electron chi connectivity index (χ0n) is 14.3. The van der Waals surface area contributed by atoms with Gasteiger partial charge in [-0.1, -0.05) is 29.8 Å². The van der Waals surface area contributed by atoms with Crippen LogP contribution in [0.2, 0.25) is 0 Å². The van der Waals surface area contributed by atoms with Crippen LogP contribution in [0.3, 0.4) is 0 Å². The molecule has 0 saturated heterocycles. The summed E-state index contributed by atoms with van der Waals surface area (Å²) in [5.74, 6) is -0.205. The van der Waals surface area contributed by atoms with E-state index in [0.29, 0.717) is 6.42 Å². The molecule has 0 aliphatic rings. The Morgan fingerprint density at radius 3 is 2.54 bits per heavy atom. The number of carbonyl (C=O) groups is 2. The lowest BCUT2D eigenvalue weighted by Gasteiger charge is -2.07. The second kappa shape index (κ2) is 8.82. The number of thioether (sulfide) groups is 1. The van der Waals surface area contributed by atoms with Crippen molar-refractivity contribution in [2.75, 3.05) is 5.75 Å². The second-order valence-corrected chi connectivity index (χ2v) is 7.94. The van der Waals surface area contributed by atoms with Crippen LogP contribution in [0.5, 0.6) is 0 Å². The minimum atomic E-state index is -0.232. The number of para-hydroxylation sites is 1. The molecule has 2 aromatic carbocycles. The average Bonchev–Trinajstić information content (AvgIpc) is 3.07. The molecule has 7 heteroatoms. The fraction of sp³-hybridized carbons (Fsp3) is 0.211. The van der Waals surface area contributed by atoms with E-state index in [2.05, 4.69) is 15.8 Å². The van der Waals surface area contributed by atoms with Gasteiger partial charge in [-0.25, -0.2) is 4.98 Å². The van der Waals surface area contributed by atoms with E-state index in [1.54, 1.807) is 11.3 Å². The second-order valence-electron chi connectivity index (χ2n) is 5.77. The lowest BCUT2D eigenvalue weighted by atomic mass is 10.2. The SMILES string of the molecule is Cc1ccc(SCC(=O)NNC(=O)CCc2nc3ccccc3s2)cc1. The van der Waals surface area contributed by atoms with Gasteiger partial charge in [0, 0.05) is 17.7 Å². The molecule has 0 bridgehead atoms. The highest BCUT2D eigenvalue weighted by atomic mass is 32.2. The zero-order valence-corrected chi connectivity index (χ0v) is 16.0. The van der Waals surface area contributed by atoms with Crippen LogP contribution in [-0.2, 0) is 16.0 Å². The Kier molecular flexibility index (Phi) is 6.25. The van der Waals surface area contributed by atoms with Crippen LogP contribution in [-0.4, -0.2) is 22.6 Å². The van der Waals surface area contributed by atoms with Gasteiger partial charge in [0.05, 0.1) is 21.0 Å². The lowest BCUT2D eigenvalue weighted by molar-refractivity contribution is -0.127. The van der Waals surface area contributed by atoms with Gasteiger partial charge in [-0.2, -0.15) is 0 Å². The zero-order chi connectivity index (χ0) is 18.4. The van der Waals surface area contributed by atoms with Crippen molar-refractivity contribution in [3.63, 3.8) is 0 Å². The predicted molar refractivity (Wildman–Crippen MR) is 106 cm³/mol. The molecule has 134 valence electrons. The maximum atomic E-state index is 11.9. The standard InChI is InChI=1S/C19H19N3O2S2/c1-13-6-8-14(9-7-13)25-12-18(24)22-21-17(23)10-11-19-20-15-4-2-3-5-16(15)26-19/h2-9H,10-12H2,1H3,(H,21,23)(H,22,24). The molecule has 2 N–H and O–H groups in total. The summed E-state index contributed by atoms with van der Waals surface area (Å²) < 4.78 is 1.12. The van der Waals surface area contributed by atoms with Gasteiger partial charge in [-0.15, -0.1) is 23.1 Å². The number of aryl methyl sites for hydroxylation is 2. The van der Waals surface area contributed by atoms with E-state index in [9.17, 15) is 9.59 Å². The first-order chi connectivity index (χ1) is 12.6. The Balaban J connectivity index is 1.37. The molecule has 0 aliphatic carbocycles. The van der Waals surface area contributed by atoms with Crippen LogP contribution < -0.4 is 10.9 Å². The molecule has 0 atom stereocenters. The Labute approximate surface area is 160 Å². The third-order valence-electron chi connectivity index (χ3n) is 3.64. The molecule has 2 amide bonds. The summed E-state index contributed by atoms with van der Waals surface area (Å²) in [6.07, 6.45) is 0.838. The quantitative estimate of drug-likeness (QED) is 0.503. The highest BCUT2D eigenvalue weighted by Gasteiger charge is 2.08. The van der Waals surface area contributed by atoms with Crippen molar-refractivity contribution in [1.29, 1.82) is 0 Å². The van der Waals surface area contributed by atoms with Gasteiger partial charge in [0.2, 0.25) is 11.8 Å². The molecule has 1 aromatic heterocycles. The van der Waals surface area contributed by atoms with Crippen LogP contribution >= 0.6 is 23.1 Å². The monoisotopic (exact) mass is 385 g/mol. The molecule has 0 unspecified atom stereocenters. The number of rotatable bonds is 6. The van der Waals surface area contributed by atoms with E-state index in [1.165, 1.54) is 17.3 Å². The van der Waals surface area contributed by atoms with Crippen molar-refractivity contribution < 1.29 is 9.59 Å². The van der Waals surface area contributed by atoms with Crippen molar-refractivity contribution in [2.24, 2.45) is 0 Å². The van der Waals surface area contributed by atoms with Gasteiger partial charge in [-0.3, -0.25) is 20.4 Å². The Bertz CT molecular complexity index is 874. The van der Waals surface area contributed by atoms with Crippen molar-refractivity contribution >= 4 is 45.1 Å². The molecule has 0 radical (unpaired) electrons. The van der Waals surface area contributed by atoms with Gasteiger partial charge in [0.15, 0.2) is 0 Å². The topological polar surface area (TPSA) is 71.1 Å². The Hall–Kier alpha value is -2.38. The number of hydrazine groups is 1. The molecule has 0 aliphatic heterocycles. The predicted octanol–water partition coefficient (Wildman–Crippen LogP) is 3.48. The number of nitrogens with zero attached hydrogens (tertiary/aromatic N) is 1. The van der Waals surface area contributed by atoms with Gasteiger partial charge < -0.3 is 0 Å². The number of fused-ring (bicyclic) bond motifs is 1. The van der Waals surface area contributed by atoms with E-state index >= 15 is 0 Å². The van der Waals surface area contributed by atoms with Crippen LogP contribution in [0.1, 0.15) is 17.0 Å². The van der Waals surface area contributed by atoms with E-state index in [4.69, 9.17) is 0 Å². The number of nitrogens with one attached hydrogen (secondary N) is 2. The van der Waals surface area contributed by atoms with Crippen molar-refractivity contribution in [2.45, 2.75) is 24.7 Å². The summed E-state index contributed by atoms with van der Waals surface area (Å²) >= 11 is 3.02. The van der Waals surface area contributed by atoms with Crippen LogP contribution in [0, 0.1) is 6.92 Å². The first-order valence-corrected chi connectivity index (χ1v) is 10.0. The average molecular weight is 386 g/mol. The normalized spacial score (nSPS) is 10.7. The number of thiazole rings is 1. The number of amides is 2. The fourth-order valence-electron chi connectivity index (χ4n) is 2.27. The first kappa shape index (κ1) is 18.4. The summed E-state index contributed by atoms with van der Waals surface area (Å²) in [6.45, 7) is 2.02. The Morgan fingerprint density at radius 1 is 1.04 bits per heavy atom. The molecule has 1 heterocycles. The molecule has 0 fully saturated rings. The van der Waals surface area contributed by atoms with Crippen molar-refractivity contribution in [3.8, 4) is 0 Å². The number of benzene rings is 2. The van der Waals surface area contributed by atoms with Crippen LogP contribution in [0.25, 0.3) is 10.2 Å².